The van der Waals surface area contributed by atoms with Crippen LogP contribution in [0.1, 0.15) is 24.7 Å². The molecule has 14 heavy (non-hydrogen) atoms. The lowest BCUT2D eigenvalue weighted by molar-refractivity contribution is 0.646. The summed E-state index contributed by atoms with van der Waals surface area (Å²) in [7, 11) is 0. The summed E-state index contributed by atoms with van der Waals surface area (Å²) < 4.78 is 2.12. The summed E-state index contributed by atoms with van der Waals surface area (Å²) in [5.41, 5.74) is 1.32. The largest absolute Gasteiger partial charge is 0.317 e. The Balaban J connectivity index is 2.12. The zero-order valence-corrected chi connectivity index (χ0v) is 9.00. The van der Waals surface area contributed by atoms with Gasteiger partial charge in [0.05, 0.1) is 0 Å². The highest BCUT2D eigenvalue weighted by Crippen LogP contribution is 2.11. The molecule has 2 aromatic rings. The van der Waals surface area contributed by atoms with Gasteiger partial charge in [0.1, 0.15) is 12.2 Å². The monoisotopic (exact) mass is 207 g/mol. The van der Waals surface area contributed by atoms with Crippen LogP contribution in [-0.2, 0) is 13.0 Å². The third kappa shape index (κ3) is 2.01. The van der Waals surface area contributed by atoms with Crippen LogP contribution in [0.15, 0.2) is 23.2 Å². The average Bonchev–Trinajstić information content (AvgIpc) is 2.80. The Morgan fingerprint density at radius 2 is 2.43 bits per heavy atom. The first-order valence-electron chi connectivity index (χ1n) is 4.78. The summed E-state index contributed by atoms with van der Waals surface area (Å²) in [5.74, 6) is 1.06. The van der Waals surface area contributed by atoms with Gasteiger partial charge < -0.3 is 4.57 Å². The third-order valence-corrected chi connectivity index (χ3v) is 2.83. The molecule has 0 aromatic carbocycles. The summed E-state index contributed by atoms with van der Waals surface area (Å²) in [6.07, 6.45) is 3.82. The smallest absolute Gasteiger partial charge is 0.137 e. The van der Waals surface area contributed by atoms with E-state index in [4.69, 9.17) is 0 Å². The Hall–Kier alpha value is -1.16. The predicted octanol–water partition coefficient (Wildman–Crippen LogP) is 2.34. The summed E-state index contributed by atoms with van der Waals surface area (Å²) >= 11 is 1.72. The van der Waals surface area contributed by atoms with Crippen molar-refractivity contribution in [2.75, 3.05) is 0 Å². The molecule has 4 heteroatoms. The molecule has 0 radical (unpaired) electrons. The third-order valence-electron chi connectivity index (χ3n) is 2.10. The van der Waals surface area contributed by atoms with Gasteiger partial charge >= 0.3 is 0 Å². The standard InChI is InChI=1S/C10H13N3S/c1-2-4-13-8-11-12-10(13)6-9-3-5-14-7-9/h3,5,7-8H,2,4,6H2,1H3. The minimum Gasteiger partial charge on any atom is -0.317 e. The molecule has 0 spiro atoms. The van der Waals surface area contributed by atoms with Crippen LogP contribution in [0.2, 0.25) is 0 Å². The fraction of sp³-hybridized carbons (Fsp3) is 0.400. The second-order valence-corrected chi connectivity index (χ2v) is 4.03. The fourth-order valence-corrected chi connectivity index (χ4v) is 2.09. The second-order valence-electron chi connectivity index (χ2n) is 3.25. The molecule has 0 atom stereocenters. The van der Waals surface area contributed by atoms with Crippen LogP contribution in [0, 0.1) is 0 Å². The van der Waals surface area contributed by atoms with Gasteiger partial charge in [-0.1, -0.05) is 6.92 Å². The van der Waals surface area contributed by atoms with E-state index < -0.39 is 0 Å². The van der Waals surface area contributed by atoms with Crippen LogP contribution >= 0.6 is 11.3 Å². The van der Waals surface area contributed by atoms with Crippen LogP contribution in [-0.4, -0.2) is 14.8 Å². The van der Waals surface area contributed by atoms with Crippen molar-refractivity contribution in [2.45, 2.75) is 26.3 Å². The highest BCUT2D eigenvalue weighted by Gasteiger charge is 2.04. The van der Waals surface area contributed by atoms with Crippen LogP contribution in [0.5, 0.6) is 0 Å². The molecular formula is C10H13N3S. The van der Waals surface area contributed by atoms with Crippen molar-refractivity contribution in [1.29, 1.82) is 0 Å². The van der Waals surface area contributed by atoms with Crippen molar-refractivity contribution in [3.8, 4) is 0 Å². The van der Waals surface area contributed by atoms with E-state index in [1.54, 1.807) is 11.3 Å². The molecular weight excluding hydrogens is 194 g/mol. The number of hydrogen-bond donors (Lipinski definition) is 0. The van der Waals surface area contributed by atoms with Gasteiger partial charge in [-0.15, -0.1) is 10.2 Å². The van der Waals surface area contributed by atoms with Crippen LogP contribution in [0.25, 0.3) is 0 Å². The minimum absolute atomic E-state index is 0.892. The maximum atomic E-state index is 4.13. The highest BCUT2D eigenvalue weighted by atomic mass is 32.1. The van der Waals surface area contributed by atoms with Gasteiger partial charge in [0, 0.05) is 13.0 Å². The van der Waals surface area contributed by atoms with Gasteiger partial charge in [-0.2, -0.15) is 11.3 Å². The normalized spacial score (nSPS) is 10.6. The summed E-state index contributed by atoms with van der Waals surface area (Å²) in [6, 6.07) is 2.13. The first kappa shape index (κ1) is 9.40. The number of rotatable bonds is 4. The van der Waals surface area contributed by atoms with Gasteiger partial charge in [-0.25, -0.2) is 0 Å². The quantitative estimate of drug-likeness (QED) is 0.770. The van der Waals surface area contributed by atoms with Crippen molar-refractivity contribution in [2.24, 2.45) is 0 Å². The Labute approximate surface area is 87.4 Å². The van der Waals surface area contributed by atoms with Gasteiger partial charge in [0.25, 0.3) is 0 Å². The second kappa shape index (κ2) is 4.37. The van der Waals surface area contributed by atoms with E-state index in [1.165, 1.54) is 5.56 Å². The van der Waals surface area contributed by atoms with Crippen molar-refractivity contribution >= 4 is 11.3 Å². The van der Waals surface area contributed by atoms with E-state index in [9.17, 15) is 0 Å². The zero-order chi connectivity index (χ0) is 9.80. The molecule has 0 bridgehead atoms. The number of hydrogen-bond acceptors (Lipinski definition) is 3. The fourth-order valence-electron chi connectivity index (χ4n) is 1.42. The van der Waals surface area contributed by atoms with Crippen LogP contribution in [0.3, 0.4) is 0 Å². The molecule has 3 nitrogen and oxygen atoms in total. The van der Waals surface area contributed by atoms with Gasteiger partial charge in [0.15, 0.2) is 0 Å². The first-order valence-corrected chi connectivity index (χ1v) is 5.72. The van der Waals surface area contributed by atoms with Crippen molar-refractivity contribution in [3.05, 3.63) is 34.5 Å². The highest BCUT2D eigenvalue weighted by molar-refractivity contribution is 7.07. The number of thiophene rings is 1. The van der Waals surface area contributed by atoms with Gasteiger partial charge in [-0.3, -0.25) is 0 Å². The Bertz CT molecular complexity index is 378. The van der Waals surface area contributed by atoms with Crippen molar-refractivity contribution in [1.82, 2.24) is 14.8 Å². The molecule has 0 aliphatic rings. The van der Waals surface area contributed by atoms with Gasteiger partial charge in [0.2, 0.25) is 0 Å². The Morgan fingerprint density at radius 3 is 3.14 bits per heavy atom. The minimum atomic E-state index is 0.892. The summed E-state index contributed by atoms with van der Waals surface area (Å²) in [6.45, 7) is 3.17. The number of aromatic nitrogens is 3. The maximum Gasteiger partial charge on any atom is 0.137 e. The topological polar surface area (TPSA) is 30.7 Å². The molecule has 0 N–H and O–H groups in total. The molecule has 0 fully saturated rings. The van der Waals surface area contributed by atoms with E-state index in [1.807, 2.05) is 6.33 Å². The lowest BCUT2D eigenvalue weighted by Gasteiger charge is -2.02. The first-order chi connectivity index (χ1) is 6.90. The number of nitrogens with zero attached hydrogens (tertiary/aromatic N) is 3. The molecule has 0 unspecified atom stereocenters. The molecule has 0 amide bonds. The van der Waals surface area contributed by atoms with E-state index in [2.05, 4.69) is 38.5 Å². The predicted molar refractivity (Wildman–Crippen MR) is 57.4 cm³/mol. The molecule has 0 saturated heterocycles. The maximum absolute atomic E-state index is 4.13. The number of aryl methyl sites for hydroxylation is 1. The van der Waals surface area contributed by atoms with Crippen LogP contribution in [0.4, 0.5) is 0 Å². The molecule has 0 aliphatic carbocycles. The van der Waals surface area contributed by atoms with E-state index in [0.717, 1.165) is 25.2 Å². The Kier molecular flexibility index (Phi) is 2.93. The van der Waals surface area contributed by atoms with Crippen molar-refractivity contribution in [3.63, 3.8) is 0 Å². The Morgan fingerprint density at radius 1 is 1.50 bits per heavy atom. The lowest BCUT2D eigenvalue weighted by Crippen LogP contribution is -2.02. The van der Waals surface area contributed by atoms with E-state index in [-0.39, 0.29) is 0 Å². The molecule has 74 valence electrons. The van der Waals surface area contributed by atoms with Crippen LogP contribution < -0.4 is 0 Å². The SMILES string of the molecule is CCCn1cnnc1Cc1ccsc1. The molecule has 2 rings (SSSR count). The van der Waals surface area contributed by atoms with E-state index in [0.29, 0.717) is 0 Å². The zero-order valence-electron chi connectivity index (χ0n) is 8.18. The summed E-state index contributed by atoms with van der Waals surface area (Å²) in [5, 5.41) is 12.3. The summed E-state index contributed by atoms with van der Waals surface area (Å²) in [4.78, 5) is 0. The molecule has 2 heterocycles. The van der Waals surface area contributed by atoms with E-state index >= 15 is 0 Å². The van der Waals surface area contributed by atoms with Crippen molar-refractivity contribution < 1.29 is 0 Å². The molecule has 0 aliphatic heterocycles. The van der Waals surface area contributed by atoms with Gasteiger partial charge in [-0.05, 0) is 28.8 Å². The molecule has 0 saturated carbocycles. The molecule has 2 aromatic heterocycles. The lowest BCUT2D eigenvalue weighted by atomic mass is 10.2. The average molecular weight is 207 g/mol.